The number of benzene rings is 1. The maximum Gasteiger partial charge on any atom is 0.169 e. The van der Waals surface area contributed by atoms with Gasteiger partial charge in [-0.3, -0.25) is 0 Å². The standard InChI is InChI=1S/C38H48N6S2/c1(33-5-9-37(10-6-33)43-25-17-39-18-26-43)3-35-13-21-41(22-14-35)29-31-45-46-32-30-42-23-15-36(16-24-42)4-2-34-7-11-38(12-8-34)44-27-19-40-20-28-44/h1-7,9-11,13-16,21-24,39-40H,8,12,17-20,25-32H2/q+2. The van der Waals surface area contributed by atoms with Gasteiger partial charge in [0.05, 0.1) is 11.5 Å². The predicted molar refractivity (Wildman–Crippen MR) is 198 cm³/mol. The fourth-order valence-corrected chi connectivity index (χ4v) is 7.93. The van der Waals surface area contributed by atoms with Crippen LogP contribution in [0.3, 0.4) is 0 Å². The van der Waals surface area contributed by atoms with Gasteiger partial charge in [0.2, 0.25) is 0 Å². The first-order valence-corrected chi connectivity index (χ1v) is 19.3. The summed E-state index contributed by atoms with van der Waals surface area (Å²) in [4.78, 5) is 4.98. The van der Waals surface area contributed by atoms with E-state index in [9.17, 15) is 0 Å². The molecule has 0 unspecified atom stereocenters. The summed E-state index contributed by atoms with van der Waals surface area (Å²) in [6, 6.07) is 17.8. The van der Waals surface area contributed by atoms with Crippen molar-refractivity contribution in [1.82, 2.24) is 15.5 Å². The second-order valence-electron chi connectivity index (χ2n) is 12.0. The lowest BCUT2D eigenvalue weighted by molar-refractivity contribution is -0.692. The van der Waals surface area contributed by atoms with E-state index in [-0.39, 0.29) is 0 Å². The molecule has 2 aliphatic heterocycles. The molecule has 3 aromatic rings. The van der Waals surface area contributed by atoms with Crippen LogP contribution in [0, 0.1) is 0 Å². The monoisotopic (exact) mass is 652 g/mol. The maximum atomic E-state index is 3.44. The van der Waals surface area contributed by atoms with Gasteiger partial charge in [-0.2, -0.15) is 0 Å². The van der Waals surface area contributed by atoms with Crippen LogP contribution in [0.25, 0.3) is 18.2 Å². The molecular formula is C38H48N6S2+2. The average molecular weight is 653 g/mol. The van der Waals surface area contributed by atoms with Crippen molar-refractivity contribution in [2.24, 2.45) is 0 Å². The third-order valence-electron chi connectivity index (χ3n) is 8.80. The van der Waals surface area contributed by atoms with Crippen LogP contribution in [-0.2, 0) is 13.1 Å². The number of aromatic nitrogens is 2. The van der Waals surface area contributed by atoms with Gasteiger partial charge in [-0.15, -0.1) is 0 Å². The summed E-state index contributed by atoms with van der Waals surface area (Å²) >= 11 is 0. The van der Waals surface area contributed by atoms with E-state index in [1.165, 1.54) is 33.6 Å². The molecule has 2 N–H and O–H groups in total. The van der Waals surface area contributed by atoms with Crippen molar-refractivity contribution in [3.8, 4) is 0 Å². The lowest BCUT2D eigenvalue weighted by atomic mass is 10.0. The zero-order valence-corrected chi connectivity index (χ0v) is 28.5. The van der Waals surface area contributed by atoms with Gasteiger partial charge in [-0.25, -0.2) is 9.13 Å². The second-order valence-corrected chi connectivity index (χ2v) is 14.7. The lowest BCUT2D eigenvalue weighted by Gasteiger charge is -2.32. The summed E-state index contributed by atoms with van der Waals surface area (Å²) in [5.74, 6) is 2.20. The fraction of sp³-hybridized carbons (Fsp3) is 0.368. The highest BCUT2D eigenvalue weighted by atomic mass is 33.1. The van der Waals surface area contributed by atoms with E-state index in [0.29, 0.717) is 0 Å². The van der Waals surface area contributed by atoms with Crippen molar-refractivity contribution < 1.29 is 9.13 Å². The molecule has 3 aliphatic rings. The largest absolute Gasteiger partial charge is 0.372 e. The summed E-state index contributed by atoms with van der Waals surface area (Å²) in [5.41, 5.74) is 7.95. The molecule has 2 aromatic heterocycles. The molecule has 1 aromatic carbocycles. The van der Waals surface area contributed by atoms with Crippen molar-refractivity contribution in [2.45, 2.75) is 25.9 Å². The minimum atomic E-state index is 1.02. The molecule has 0 saturated carbocycles. The number of piperazine rings is 2. The smallest absolute Gasteiger partial charge is 0.169 e. The Labute approximate surface area is 283 Å². The lowest BCUT2D eigenvalue weighted by Crippen LogP contribution is -2.43. The molecule has 2 fully saturated rings. The average Bonchev–Trinajstić information content (AvgIpc) is 3.13. The highest BCUT2D eigenvalue weighted by Crippen LogP contribution is 2.23. The number of aryl methyl sites for hydroxylation is 2. The van der Waals surface area contributed by atoms with Crippen molar-refractivity contribution in [3.05, 3.63) is 120 Å². The second kappa shape index (κ2) is 17.6. The minimum absolute atomic E-state index is 1.02. The van der Waals surface area contributed by atoms with Gasteiger partial charge in [-0.1, -0.05) is 64.1 Å². The zero-order chi connectivity index (χ0) is 31.2. The number of anilines is 1. The van der Waals surface area contributed by atoms with Crippen LogP contribution in [-0.4, -0.2) is 68.8 Å². The first-order valence-electron chi connectivity index (χ1n) is 16.8. The Morgan fingerprint density at radius 2 is 1.07 bits per heavy atom. The Bertz CT molecular complexity index is 1480. The highest BCUT2D eigenvalue weighted by Gasteiger charge is 2.15. The number of rotatable bonds is 13. The van der Waals surface area contributed by atoms with Gasteiger partial charge in [-0.05, 0) is 53.3 Å². The number of nitrogens with zero attached hydrogens (tertiary/aromatic N) is 4. The van der Waals surface area contributed by atoms with E-state index in [0.717, 1.165) is 89.8 Å². The third-order valence-corrected chi connectivity index (χ3v) is 11.2. The van der Waals surface area contributed by atoms with Crippen LogP contribution in [0.5, 0.6) is 0 Å². The molecule has 2 saturated heterocycles. The van der Waals surface area contributed by atoms with E-state index >= 15 is 0 Å². The number of pyridine rings is 2. The number of allylic oxidation sites excluding steroid dienone is 5. The van der Waals surface area contributed by atoms with Gasteiger partial charge in [0.1, 0.15) is 0 Å². The molecule has 0 bridgehead atoms. The van der Waals surface area contributed by atoms with Crippen LogP contribution in [0.4, 0.5) is 5.69 Å². The van der Waals surface area contributed by atoms with E-state index in [1.54, 1.807) is 0 Å². The topological polar surface area (TPSA) is 38.3 Å². The summed E-state index contributed by atoms with van der Waals surface area (Å²) in [5, 5.41) is 6.86. The molecule has 240 valence electrons. The Kier molecular flexibility index (Phi) is 12.5. The molecule has 8 heteroatoms. The Morgan fingerprint density at radius 1 is 0.565 bits per heavy atom. The van der Waals surface area contributed by atoms with Gasteiger partial charge < -0.3 is 20.4 Å². The van der Waals surface area contributed by atoms with Gasteiger partial charge >= 0.3 is 0 Å². The van der Waals surface area contributed by atoms with Crippen molar-refractivity contribution in [2.75, 3.05) is 68.8 Å². The van der Waals surface area contributed by atoms with Crippen LogP contribution < -0.4 is 24.7 Å². The Balaban J connectivity index is 0.852. The van der Waals surface area contributed by atoms with E-state index < -0.39 is 0 Å². The number of nitrogens with one attached hydrogen (secondary N) is 2. The van der Waals surface area contributed by atoms with Crippen molar-refractivity contribution >= 4 is 45.5 Å². The number of hydrogen-bond donors (Lipinski definition) is 2. The molecule has 0 spiro atoms. The summed E-state index contributed by atoms with van der Waals surface area (Å²) in [6.07, 6.45) is 24.6. The minimum Gasteiger partial charge on any atom is -0.372 e. The van der Waals surface area contributed by atoms with Crippen LogP contribution in [0.15, 0.2) is 103 Å². The molecular weight excluding hydrogens is 605 g/mol. The summed E-state index contributed by atoms with van der Waals surface area (Å²) < 4.78 is 4.56. The van der Waals surface area contributed by atoms with E-state index in [2.05, 4.69) is 139 Å². The van der Waals surface area contributed by atoms with Crippen molar-refractivity contribution in [1.29, 1.82) is 0 Å². The van der Waals surface area contributed by atoms with E-state index in [1.807, 2.05) is 21.6 Å². The molecule has 4 heterocycles. The van der Waals surface area contributed by atoms with Crippen LogP contribution in [0.1, 0.15) is 29.5 Å². The summed E-state index contributed by atoms with van der Waals surface area (Å²) in [7, 11) is 3.92. The molecule has 0 atom stereocenters. The van der Waals surface area contributed by atoms with Gasteiger partial charge in [0, 0.05) is 88.0 Å². The van der Waals surface area contributed by atoms with Gasteiger partial charge in [0.25, 0.3) is 0 Å². The zero-order valence-electron chi connectivity index (χ0n) is 26.9. The molecule has 0 amide bonds. The normalized spacial score (nSPS) is 17.5. The first kappa shape index (κ1) is 32.6. The SMILES string of the molecule is C1=C(/C=C/c2cc[n+](CCSSCC[n+]3ccc(/C=C/c4ccc(N5CCNCC5)cc4)cc3)cc2)CCC(N2CCNCC2)=C1. The predicted octanol–water partition coefficient (Wildman–Crippen LogP) is 5.45. The maximum absolute atomic E-state index is 3.44. The van der Waals surface area contributed by atoms with Crippen LogP contribution in [0.2, 0.25) is 0 Å². The quantitative estimate of drug-likeness (QED) is 0.146. The number of hydrogen-bond acceptors (Lipinski definition) is 6. The summed E-state index contributed by atoms with van der Waals surface area (Å²) in [6.45, 7) is 10.8. The molecule has 0 radical (unpaired) electrons. The van der Waals surface area contributed by atoms with Crippen molar-refractivity contribution in [3.63, 3.8) is 0 Å². The van der Waals surface area contributed by atoms with E-state index in [4.69, 9.17) is 0 Å². The van der Waals surface area contributed by atoms with Crippen LogP contribution >= 0.6 is 21.6 Å². The first-order chi connectivity index (χ1) is 22.8. The Hall–Kier alpha value is -3.30. The highest BCUT2D eigenvalue weighted by molar-refractivity contribution is 8.76. The van der Waals surface area contributed by atoms with Gasteiger partial charge in [0.15, 0.2) is 37.9 Å². The third kappa shape index (κ3) is 10.1. The molecule has 46 heavy (non-hydrogen) atoms. The molecule has 1 aliphatic carbocycles. The fourth-order valence-electron chi connectivity index (χ4n) is 5.97. The molecule has 6 nitrogen and oxygen atoms in total. The Morgan fingerprint density at radius 3 is 1.59 bits per heavy atom. The molecule has 6 rings (SSSR count).